The lowest BCUT2D eigenvalue weighted by atomic mass is 10.2. The number of aromatic nitrogens is 1. The van der Waals surface area contributed by atoms with Crippen molar-refractivity contribution in [3.8, 4) is 5.88 Å². The zero-order valence-corrected chi connectivity index (χ0v) is 17.2. The van der Waals surface area contributed by atoms with E-state index in [1.807, 2.05) is 27.7 Å². The fourth-order valence-corrected chi connectivity index (χ4v) is 2.72. The van der Waals surface area contributed by atoms with E-state index in [2.05, 4.69) is 10.3 Å². The lowest BCUT2D eigenvalue weighted by molar-refractivity contribution is 0.0112. The summed E-state index contributed by atoms with van der Waals surface area (Å²) in [5, 5.41) is 2.83. The smallest absolute Gasteiger partial charge is 0.410 e. The van der Waals surface area contributed by atoms with E-state index in [9.17, 15) is 9.59 Å². The first-order valence-corrected chi connectivity index (χ1v) is 9.33. The van der Waals surface area contributed by atoms with Gasteiger partial charge in [-0.05, 0) is 33.8 Å². The molecule has 2 heterocycles. The SMILES string of the molecule is COCCOc1ccc(NC(=O)N2CCN(C(=O)OC(C)(C)C)C[C@H]2C)cn1. The molecule has 1 atom stereocenters. The number of nitrogens with one attached hydrogen (secondary N) is 1. The fraction of sp³-hybridized carbons (Fsp3) is 0.632. The number of piperazine rings is 1. The second-order valence-electron chi connectivity index (χ2n) is 7.63. The Morgan fingerprint density at radius 1 is 1.25 bits per heavy atom. The summed E-state index contributed by atoms with van der Waals surface area (Å²) >= 11 is 0. The third-order valence-electron chi connectivity index (χ3n) is 4.07. The average Bonchev–Trinajstić information content (AvgIpc) is 2.61. The first-order valence-electron chi connectivity index (χ1n) is 9.33. The van der Waals surface area contributed by atoms with Gasteiger partial charge in [0.1, 0.15) is 12.2 Å². The lowest BCUT2D eigenvalue weighted by Crippen LogP contribution is -2.57. The van der Waals surface area contributed by atoms with Gasteiger partial charge in [-0.15, -0.1) is 0 Å². The molecule has 0 saturated carbocycles. The van der Waals surface area contributed by atoms with Crippen LogP contribution in [0, 0.1) is 0 Å². The van der Waals surface area contributed by atoms with Crippen LogP contribution in [0.25, 0.3) is 0 Å². The molecule has 1 N–H and O–H groups in total. The van der Waals surface area contributed by atoms with Crippen molar-refractivity contribution in [1.29, 1.82) is 0 Å². The number of hydrogen-bond acceptors (Lipinski definition) is 6. The van der Waals surface area contributed by atoms with E-state index < -0.39 is 5.60 Å². The second kappa shape index (κ2) is 9.59. The van der Waals surface area contributed by atoms with Crippen LogP contribution in [-0.2, 0) is 9.47 Å². The highest BCUT2D eigenvalue weighted by Gasteiger charge is 2.32. The maximum atomic E-state index is 12.6. The molecule has 1 aromatic rings. The Morgan fingerprint density at radius 3 is 2.57 bits per heavy atom. The molecule has 0 unspecified atom stereocenters. The Bertz CT molecular complexity index is 659. The number of amides is 3. The maximum Gasteiger partial charge on any atom is 0.410 e. The van der Waals surface area contributed by atoms with Crippen molar-refractivity contribution in [2.24, 2.45) is 0 Å². The Labute approximate surface area is 165 Å². The summed E-state index contributed by atoms with van der Waals surface area (Å²) in [4.78, 5) is 32.3. The van der Waals surface area contributed by atoms with Crippen molar-refractivity contribution >= 4 is 17.8 Å². The Morgan fingerprint density at radius 2 is 2.00 bits per heavy atom. The topological polar surface area (TPSA) is 93.2 Å². The molecule has 9 nitrogen and oxygen atoms in total. The average molecular weight is 394 g/mol. The van der Waals surface area contributed by atoms with Gasteiger partial charge in [0.2, 0.25) is 5.88 Å². The molecule has 0 radical (unpaired) electrons. The number of anilines is 1. The van der Waals surface area contributed by atoms with Crippen molar-refractivity contribution in [3.05, 3.63) is 18.3 Å². The van der Waals surface area contributed by atoms with Crippen LogP contribution in [0.2, 0.25) is 0 Å². The van der Waals surface area contributed by atoms with Gasteiger partial charge in [-0.25, -0.2) is 14.6 Å². The van der Waals surface area contributed by atoms with Crippen LogP contribution in [0.4, 0.5) is 15.3 Å². The van der Waals surface area contributed by atoms with E-state index in [0.29, 0.717) is 44.4 Å². The highest BCUT2D eigenvalue weighted by molar-refractivity contribution is 5.89. The molecule has 0 spiro atoms. The predicted molar refractivity (Wildman–Crippen MR) is 105 cm³/mol. The van der Waals surface area contributed by atoms with Crippen LogP contribution >= 0.6 is 0 Å². The monoisotopic (exact) mass is 394 g/mol. The van der Waals surface area contributed by atoms with E-state index in [1.165, 1.54) is 0 Å². The van der Waals surface area contributed by atoms with E-state index in [4.69, 9.17) is 14.2 Å². The number of hydrogen-bond donors (Lipinski definition) is 1. The van der Waals surface area contributed by atoms with Crippen LogP contribution in [0.1, 0.15) is 27.7 Å². The summed E-state index contributed by atoms with van der Waals surface area (Å²) in [6.07, 6.45) is 1.19. The number of nitrogens with zero attached hydrogens (tertiary/aromatic N) is 3. The molecular weight excluding hydrogens is 364 g/mol. The van der Waals surface area contributed by atoms with Crippen LogP contribution < -0.4 is 10.1 Å². The molecule has 156 valence electrons. The third-order valence-corrected chi connectivity index (χ3v) is 4.07. The van der Waals surface area contributed by atoms with Gasteiger partial charge < -0.3 is 29.3 Å². The Hall–Kier alpha value is -2.55. The second-order valence-corrected chi connectivity index (χ2v) is 7.63. The molecule has 1 aromatic heterocycles. The minimum absolute atomic E-state index is 0.133. The van der Waals surface area contributed by atoms with Crippen LogP contribution in [0.3, 0.4) is 0 Å². The molecule has 0 aliphatic carbocycles. The van der Waals surface area contributed by atoms with Crippen LogP contribution in [-0.4, -0.2) is 78.5 Å². The van der Waals surface area contributed by atoms with Gasteiger partial charge in [-0.3, -0.25) is 0 Å². The van der Waals surface area contributed by atoms with E-state index in [1.54, 1.807) is 35.2 Å². The summed E-state index contributed by atoms with van der Waals surface area (Å²) in [7, 11) is 1.60. The zero-order chi connectivity index (χ0) is 20.7. The van der Waals surface area contributed by atoms with Gasteiger partial charge in [0.15, 0.2) is 0 Å². The van der Waals surface area contributed by atoms with Gasteiger partial charge in [-0.2, -0.15) is 0 Å². The lowest BCUT2D eigenvalue weighted by Gasteiger charge is -2.40. The van der Waals surface area contributed by atoms with Crippen molar-refractivity contribution in [2.45, 2.75) is 39.3 Å². The molecule has 28 heavy (non-hydrogen) atoms. The Balaban J connectivity index is 1.85. The number of carbonyl (C=O) groups is 2. The third kappa shape index (κ3) is 6.56. The maximum absolute atomic E-state index is 12.6. The summed E-state index contributed by atoms with van der Waals surface area (Å²) in [5.41, 5.74) is 0.0345. The van der Waals surface area contributed by atoms with Gasteiger partial charge in [-0.1, -0.05) is 0 Å². The number of methoxy groups -OCH3 is 1. The number of ether oxygens (including phenoxy) is 3. The van der Waals surface area contributed by atoms with Crippen molar-refractivity contribution in [2.75, 3.05) is 45.3 Å². The van der Waals surface area contributed by atoms with Crippen molar-refractivity contribution in [3.63, 3.8) is 0 Å². The van der Waals surface area contributed by atoms with Gasteiger partial charge in [0, 0.05) is 38.9 Å². The highest BCUT2D eigenvalue weighted by Crippen LogP contribution is 2.17. The highest BCUT2D eigenvalue weighted by atomic mass is 16.6. The molecule has 1 fully saturated rings. The van der Waals surface area contributed by atoms with Crippen molar-refractivity contribution < 1.29 is 23.8 Å². The molecule has 0 aromatic carbocycles. The number of carbonyl (C=O) groups excluding carboxylic acids is 2. The molecule has 1 saturated heterocycles. The Kier molecular flexibility index (Phi) is 7.45. The molecular formula is C19H30N4O5. The number of pyridine rings is 1. The molecule has 1 aliphatic heterocycles. The van der Waals surface area contributed by atoms with E-state index in [0.717, 1.165) is 0 Å². The van der Waals surface area contributed by atoms with Crippen LogP contribution in [0.5, 0.6) is 5.88 Å². The van der Waals surface area contributed by atoms with Gasteiger partial charge in [0.05, 0.1) is 18.5 Å². The quantitative estimate of drug-likeness (QED) is 0.772. The van der Waals surface area contributed by atoms with E-state index in [-0.39, 0.29) is 18.2 Å². The van der Waals surface area contributed by atoms with E-state index >= 15 is 0 Å². The minimum Gasteiger partial charge on any atom is -0.475 e. The van der Waals surface area contributed by atoms with Crippen molar-refractivity contribution in [1.82, 2.24) is 14.8 Å². The predicted octanol–water partition coefficient (Wildman–Crippen LogP) is 2.58. The summed E-state index contributed by atoms with van der Waals surface area (Å²) in [6, 6.07) is 3.06. The standard InChI is InChI=1S/C19H30N4O5/c1-14-13-22(18(25)28-19(2,3)4)8-9-23(14)17(24)21-15-6-7-16(20-12-15)27-11-10-26-5/h6-7,12,14H,8-11,13H2,1-5H3,(H,21,24)/t14-/m1/s1. The molecule has 3 amide bonds. The normalized spacial score (nSPS) is 17.2. The summed E-state index contributed by atoms with van der Waals surface area (Å²) in [6.45, 7) is 9.57. The van der Waals surface area contributed by atoms with Crippen LogP contribution in [0.15, 0.2) is 18.3 Å². The largest absolute Gasteiger partial charge is 0.475 e. The fourth-order valence-electron chi connectivity index (χ4n) is 2.72. The first kappa shape index (κ1) is 21.7. The molecule has 2 rings (SSSR count). The molecule has 0 bridgehead atoms. The summed E-state index contributed by atoms with van der Waals surface area (Å²) < 4.78 is 15.7. The number of urea groups is 1. The zero-order valence-electron chi connectivity index (χ0n) is 17.2. The summed E-state index contributed by atoms with van der Waals surface area (Å²) in [5.74, 6) is 0.467. The number of rotatable bonds is 5. The first-order chi connectivity index (χ1) is 13.2. The molecule has 1 aliphatic rings. The van der Waals surface area contributed by atoms with Gasteiger partial charge in [0.25, 0.3) is 0 Å². The molecule has 9 heteroatoms. The minimum atomic E-state index is -0.540. The van der Waals surface area contributed by atoms with Gasteiger partial charge >= 0.3 is 12.1 Å².